The molecule has 1 N–H and O–H groups in total. The summed E-state index contributed by atoms with van der Waals surface area (Å²) in [5.74, 6) is 0.712. The number of fused-ring (bicyclic) bond motifs is 3. The van der Waals surface area contributed by atoms with Crippen molar-refractivity contribution in [2.45, 2.75) is 20.3 Å². The van der Waals surface area contributed by atoms with Crippen LogP contribution in [0.4, 0.5) is 5.69 Å². The predicted molar refractivity (Wildman–Crippen MR) is 159 cm³/mol. The fourth-order valence-electron chi connectivity index (χ4n) is 5.12. The summed E-state index contributed by atoms with van der Waals surface area (Å²) in [6, 6.07) is 31.4. The maximum atomic E-state index is 12.0. The van der Waals surface area contributed by atoms with Crippen molar-refractivity contribution in [1.29, 1.82) is 0 Å². The van der Waals surface area contributed by atoms with Gasteiger partial charge in [-0.15, -0.1) is 0 Å². The van der Waals surface area contributed by atoms with Gasteiger partial charge in [0.1, 0.15) is 5.75 Å². The molecule has 1 aliphatic heterocycles. The van der Waals surface area contributed by atoms with Crippen molar-refractivity contribution in [3.05, 3.63) is 103 Å². The normalized spacial score (nSPS) is 14.2. The number of carbonyl (C=O) groups excluding carboxylic acids is 1. The van der Waals surface area contributed by atoms with E-state index in [9.17, 15) is 4.79 Å². The Morgan fingerprint density at radius 1 is 0.923 bits per heavy atom. The van der Waals surface area contributed by atoms with Crippen molar-refractivity contribution in [2.24, 2.45) is 5.41 Å². The standard InChI is InChI=1S/C34H32N2O3/c1-4-34(20-38-21-34)22-39-28-16-9-24(10-17-28)25-11-18-32-30(19-25)29-7-5-6-8-31(29)36(32)27-14-12-26(13-15-27)35-33(37)23(2)3/h5-19H,2,4,20-22H2,1,3H3,(H,35,37). The topological polar surface area (TPSA) is 52.5 Å². The summed E-state index contributed by atoms with van der Waals surface area (Å²) in [4.78, 5) is 12.0. The summed E-state index contributed by atoms with van der Waals surface area (Å²) >= 11 is 0. The second-order valence-corrected chi connectivity index (χ2v) is 10.5. The lowest BCUT2D eigenvalue weighted by molar-refractivity contribution is -0.133. The van der Waals surface area contributed by atoms with E-state index in [-0.39, 0.29) is 11.3 Å². The Morgan fingerprint density at radius 3 is 2.28 bits per heavy atom. The van der Waals surface area contributed by atoms with Crippen molar-refractivity contribution in [1.82, 2.24) is 4.57 Å². The van der Waals surface area contributed by atoms with E-state index in [1.54, 1.807) is 6.92 Å². The first-order valence-corrected chi connectivity index (χ1v) is 13.4. The maximum absolute atomic E-state index is 12.0. The minimum Gasteiger partial charge on any atom is -0.493 e. The summed E-state index contributed by atoms with van der Waals surface area (Å²) in [5.41, 5.74) is 6.99. The number of hydrogen-bond acceptors (Lipinski definition) is 3. The van der Waals surface area contributed by atoms with Crippen LogP contribution in [0.2, 0.25) is 0 Å². The van der Waals surface area contributed by atoms with Crippen LogP contribution in [0.25, 0.3) is 38.6 Å². The molecule has 39 heavy (non-hydrogen) atoms. The largest absolute Gasteiger partial charge is 0.493 e. The van der Waals surface area contributed by atoms with Crippen LogP contribution in [0.15, 0.2) is 103 Å². The van der Waals surface area contributed by atoms with E-state index in [0.29, 0.717) is 12.2 Å². The summed E-state index contributed by atoms with van der Waals surface area (Å²) in [5, 5.41) is 5.27. The van der Waals surface area contributed by atoms with Gasteiger partial charge in [-0.1, -0.05) is 49.9 Å². The third-order valence-electron chi connectivity index (χ3n) is 7.74. The number of amides is 1. The minimum absolute atomic E-state index is 0.164. The first-order chi connectivity index (χ1) is 19.0. The molecule has 0 saturated carbocycles. The van der Waals surface area contributed by atoms with E-state index in [4.69, 9.17) is 9.47 Å². The van der Waals surface area contributed by atoms with Crippen molar-refractivity contribution >= 4 is 33.4 Å². The van der Waals surface area contributed by atoms with Gasteiger partial charge in [-0.05, 0) is 79.1 Å². The van der Waals surface area contributed by atoms with Crippen LogP contribution in [-0.4, -0.2) is 30.3 Å². The van der Waals surface area contributed by atoms with Crippen LogP contribution in [-0.2, 0) is 9.53 Å². The lowest BCUT2D eigenvalue weighted by Crippen LogP contribution is -2.46. The Balaban J connectivity index is 1.31. The molecule has 196 valence electrons. The fraction of sp³-hybridized carbons (Fsp3) is 0.206. The van der Waals surface area contributed by atoms with Crippen LogP contribution < -0.4 is 10.1 Å². The number of ether oxygens (including phenoxy) is 2. The van der Waals surface area contributed by atoms with Gasteiger partial charge < -0.3 is 19.4 Å². The van der Waals surface area contributed by atoms with Crippen LogP contribution in [0.5, 0.6) is 5.75 Å². The molecule has 4 aromatic carbocycles. The molecule has 0 aliphatic carbocycles. The van der Waals surface area contributed by atoms with Gasteiger partial charge in [0.05, 0.1) is 36.3 Å². The lowest BCUT2D eigenvalue weighted by atomic mass is 9.84. The van der Waals surface area contributed by atoms with Crippen LogP contribution >= 0.6 is 0 Å². The van der Waals surface area contributed by atoms with Crippen LogP contribution in [0.3, 0.4) is 0 Å². The zero-order chi connectivity index (χ0) is 27.0. The molecule has 0 radical (unpaired) electrons. The number of benzene rings is 4. The summed E-state index contributed by atoms with van der Waals surface area (Å²) in [6.45, 7) is 9.86. The molecule has 0 atom stereocenters. The van der Waals surface area contributed by atoms with Crippen molar-refractivity contribution in [3.63, 3.8) is 0 Å². The van der Waals surface area contributed by atoms with Crippen molar-refractivity contribution in [2.75, 3.05) is 25.1 Å². The highest BCUT2D eigenvalue weighted by molar-refractivity contribution is 6.10. The van der Waals surface area contributed by atoms with E-state index >= 15 is 0 Å². The molecule has 1 aromatic heterocycles. The molecule has 5 aromatic rings. The second kappa shape index (κ2) is 10.1. The summed E-state index contributed by atoms with van der Waals surface area (Å²) < 4.78 is 13.8. The quantitative estimate of drug-likeness (QED) is 0.214. The van der Waals surface area contributed by atoms with Gasteiger partial charge in [0.15, 0.2) is 0 Å². The van der Waals surface area contributed by atoms with Gasteiger partial charge in [-0.25, -0.2) is 0 Å². The number of rotatable bonds is 8. The first kappa shape index (κ1) is 25.0. The van der Waals surface area contributed by atoms with Gasteiger partial charge in [0.2, 0.25) is 0 Å². The summed E-state index contributed by atoms with van der Waals surface area (Å²) in [6.07, 6.45) is 1.06. The molecule has 5 nitrogen and oxygen atoms in total. The fourth-order valence-corrected chi connectivity index (χ4v) is 5.12. The van der Waals surface area contributed by atoms with E-state index in [0.717, 1.165) is 58.9 Å². The minimum atomic E-state index is -0.176. The Labute approximate surface area is 228 Å². The van der Waals surface area contributed by atoms with E-state index in [1.165, 1.54) is 10.8 Å². The summed E-state index contributed by atoms with van der Waals surface area (Å²) in [7, 11) is 0. The molecule has 1 fully saturated rings. The van der Waals surface area contributed by atoms with E-state index in [1.807, 2.05) is 24.3 Å². The molecular weight excluding hydrogens is 484 g/mol. The van der Waals surface area contributed by atoms with Crippen molar-refractivity contribution in [3.8, 4) is 22.6 Å². The third-order valence-corrected chi connectivity index (χ3v) is 7.74. The molecule has 0 spiro atoms. The molecule has 6 rings (SSSR count). The Morgan fingerprint density at radius 2 is 1.62 bits per heavy atom. The average Bonchev–Trinajstić information content (AvgIpc) is 3.27. The zero-order valence-corrected chi connectivity index (χ0v) is 22.4. The Bertz CT molecular complexity index is 1670. The third kappa shape index (κ3) is 4.70. The number of anilines is 1. The highest BCUT2D eigenvalue weighted by atomic mass is 16.5. The molecule has 2 heterocycles. The molecule has 0 unspecified atom stereocenters. The molecule has 0 bridgehead atoms. The lowest BCUT2D eigenvalue weighted by Gasteiger charge is -2.40. The van der Waals surface area contributed by atoms with E-state index < -0.39 is 0 Å². The monoisotopic (exact) mass is 516 g/mol. The van der Waals surface area contributed by atoms with E-state index in [2.05, 4.69) is 90.1 Å². The molecular formula is C34H32N2O3. The van der Waals surface area contributed by atoms with Gasteiger partial charge in [0, 0.05) is 27.7 Å². The highest BCUT2D eigenvalue weighted by Gasteiger charge is 2.37. The predicted octanol–water partition coefficient (Wildman–Crippen LogP) is 7.77. The molecule has 5 heteroatoms. The van der Waals surface area contributed by atoms with Gasteiger partial charge in [-0.2, -0.15) is 0 Å². The first-order valence-electron chi connectivity index (χ1n) is 13.4. The number of carbonyl (C=O) groups is 1. The van der Waals surface area contributed by atoms with Crippen LogP contribution in [0, 0.1) is 5.41 Å². The van der Waals surface area contributed by atoms with Crippen molar-refractivity contribution < 1.29 is 14.3 Å². The highest BCUT2D eigenvalue weighted by Crippen LogP contribution is 2.36. The number of nitrogens with one attached hydrogen (secondary N) is 1. The molecule has 1 amide bonds. The molecule has 1 saturated heterocycles. The van der Waals surface area contributed by atoms with Gasteiger partial charge in [0.25, 0.3) is 5.91 Å². The smallest absolute Gasteiger partial charge is 0.250 e. The molecule has 1 aliphatic rings. The van der Waals surface area contributed by atoms with Gasteiger partial charge in [-0.3, -0.25) is 4.79 Å². The second-order valence-electron chi connectivity index (χ2n) is 10.5. The number of aromatic nitrogens is 1. The maximum Gasteiger partial charge on any atom is 0.250 e. The number of hydrogen-bond donors (Lipinski definition) is 1. The average molecular weight is 517 g/mol. The number of nitrogens with zero attached hydrogens (tertiary/aromatic N) is 1. The number of para-hydroxylation sites is 1. The Kier molecular flexibility index (Phi) is 6.45. The Hall–Kier alpha value is -4.35. The van der Waals surface area contributed by atoms with Crippen LogP contribution in [0.1, 0.15) is 20.3 Å². The van der Waals surface area contributed by atoms with Gasteiger partial charge >= 0.3 is 0 Å². The SMILES string of the molecule is C=C(C)C(=O)Nc1ccc(-n2c3ccccc3c3cc(-c4ccc(OCC5(CC)COC5)cc4)ccc32)cc1. The zero-order valence-electron chi connectivity index (χ0n) is 22.4.